The van der Waals surface area contributed by atoms with E-state index in [0.717, 1.165) is 16.2 Å². The summed E-state index contributed by atoms with van der Waals surface area (Å²) in [7, 11) is 0. The number of carboxylic acid groups (broad SMARTS) is 1. The number of halogens is 3. The van der Waals surface area contributed by atoms with Crippen LogP contribution in [0.4, 0.5) is 13.2 Å². The van der Waals surface area contributed by atoms with Gasteiger partial charge in [-0.05, 0) is 13.8 Å². The van der Waals surface area contributed by atoms with Crippen molar-refractivity contribution in [1.82, 2.24) is 9.88 Å². The standard InChI is InChI=1S/C12H13F3N2O3S/c1-5-9(21-6(2)16-5)10(18)17-3-7(11(19)20)8(4-17)12(13,14)15/h7-8H,3-4H2,1-2H3,(H,19,20)/t7-,8-/m1/s1. The van der Waals surface area contributed by atoms with Gasteiger partial charge in [0.2, 0.25) is 0 Å². The summed E-state index contributed by atoms with van der Waals surface area (Å²) in [6.45, 7) is 2.23. The van der Waals surface area contributed by atoms with Crippen LogP contribution in [0.3, 0.4) is 0 Å². The fourth-order valence-corrected chi connectivity index (χ4v) is 3.31. The fourth-order valence-electron chi connectivity index (χ4n) is 2.42. The highest BCUT2D eigenvalue weighted by Crippen LogP contribution is 2.38. The van der Waals surface area contributed by atoms with Gasteiger partial charge in [0.25, 0.3) is 5.91 Å². The third-order valence-electron chi connectivity index (χ3n) is 3.44. The Labute approximate surface area is 122 Å². The van der Waals surface area contributed by atoms with Crippen LogP contribution >= 0.6 is 11.3 Å². The van der Waals surface area contributed by atoms with E-state index in [1.54, 1.807) is 13.8 Å². The first-order chi connectivity index (χ1) is 9.61. The molecule has 5 nitrogen and oxygen atoms in total. The third kappa shape index (κ3) is 3.02. The average Bonchev–Trinajstić information content (AvgIpc) is 2.91. The van der Waals surface area contributed by atoms with E-state index in [-0.39, 0.29) is 4.88 Å². The summed E-state index contributed by atoms with van der Waals surface area (Å²) >= 11 is 1.10. The molecule has 1 aliphatic heterocycles. The van der Waals surface area contributed by atoms with Crippen molar-refractivity contribution in [1.29, 1.82) is 0 Å². The van der Waals surface area contributed by atoms with Crippen molar-refractivity contribution in [3.8, 4) is 0 Å². The monoisotopic (exact) mass is 322 g/mol. The molecular weight excluding hydrogens is 309 g/mol. The first kappa shape index (κ1) is 15.7. The summed E-state index contributed by atoms with van der Waals surface area (Å²) in [6.07, 6.45) is -4.64. The van der Waals surface area contributed by atoms with E-state index in [1.807, 2.05) is 0 Å². The lowest BCUT2D eigenvalue weighted by Crippen LogP contribution is -2.34. The molecular formula is C12H13F3N2O3S. The van der Waals surface area contributed by atoms with Crippen molar-refractivity contribution in [2.45, 2.75) is 20.0 Å². The normalized spacial score (nSPS) is 22.6. The number of carbonyl (C=O) groups excluding carboxylic acids is 1. The summed E-state index contributed by atoms with van der Waals surface area (Å²) in [5.41, 5.74) is 0.449. The Hall–Kier alpha value is -1.64. The van der Waals surface area contributed by atoms with Crippen molar-refractivity contribution in [3.05, 3.63) is 15.6 Å². The second-order valence-electron chi connectivity index (χ2n) is 4.95. The highest BCUT2D eigenvalue weighted by atomic mass is 32.1. The highest BCUT2D eigenvalue weighted by molar-refractivity contribution is 7.13. The molecule has 0 saturated carbocycles. The molecule has 2 atom stereocenters. The third-order valence-corrected chi connectivity index (χ3v) is 4.50. The van der Waals surface area contributed by atoms with Gasteiger partial charge in [0, 0.05) is 13.1 Å². The molecule has 0 radical (unpaired) electrons. The Kier molecular flexibility index (Phi) is 3.96. The first-order valence-corrected chi connectivity index (χ1v) is 6.95. The minimum absolute atomic E-state index is 0.263. The Morgan fingerprint density at radius 2 is 1.95 bits per heavy atom. The van der Waals surface area contributed by atoms with Crippen LogP contribution in [0.15, 0.2) is 0 Å². The Balaban J connectivity index is 2.25. The van der Waals surface area contributed by atoms with Crippen molar-refractivity contribution in [3.63, 3.8) is 0 Å². The quantitative estimate of drug-likeness (QED) is 0.905. The number of thiazole rings is 1. The number of aryl methyl sites for hydroxylation is 2. The lowest BCUT2D eigenvalue weighted by molar-refractivity contribution is -0.187. The zero-order valence-electron chi connectivity index (χ0n) is 11.3. The zero-order chi connectivity index (χ0) is 15.9. The van der Waals surface area contributed by atoms with Gasteiger partial charge in [0.1, 0.15) is 4.88 Å². The molecule has 1 aromatic heterocycles. The summed E-state index contributed by atoms with van der Waals surface area (Å²) in [6, 6.07) is 0. The molecule has 1 amide bonds. The van der Waals surface area contributed by atoms with Crippen LogP contribution in [-0.2, 0) is 4.79 Å². The number of aliphatic carboxylic acids is 1. The van der Waals surface area contributed by atoms with Gasteiger partial charge >= 0.3 is 12.1 Å². The summed E-state index contributed by atoms with van der Waals surface area (Å²) in [5, 5.41) is 9.56. The molecule has 9 heteroatoms. The van der Waals surface area contributed by atoms with E-state index in [9.17, 15) is 22.8 Å². The fraction of sp³-hybridized carbons (Fsp3) is 0.583. The lowest BCUT2D eigenvalue weighted by atomic mass is 9.96. The smallest absolute Gasteiger partial charge is 0.394 e. The number of carbonyl (C=O) groups is 2. The Morgan fingerprint density at radius 1 is 1.33 bits per heavy atom. The van der Waals surface area contributed by atoms with E-state index in [4.69, 9.17) is 5.11 Å². The molecule has 116 valence electrons. The van der Waals surface area contributed by atoms with Crippen LogP contribution in [-0.4, -0.2) is 46.1 Å². The van der Waals surface area contributed by atoms with Gasteiger partial charge < -0.3 is 10.0 Å². The average molecular weight is 322 g/mol. The predicted octanol–water partition coefficient (Wildman–Crippen LogP) is 2.10. The number of rotatable bonds is 2. The minimum atomic E-state index is -4.64. The number of hydrogen-bond donors (Lipinski definition) is 1. The van der Waals surface area contributed by atoms with Crippen LogP contribution in [0.25, 0.3) is 0 Å². The van der Waals surface area contributed by atoms with Crippen LogP contribution in [0.5, 0.6) is 0 Å². The summed E-state index contributed by atoms with van der Waals surface area (Å²) in [5.74, 6) is -5.78. The van der Waals surface area contributed by atoms with E-state index < -0.39 is 43.0 Å². The lowest BCUT2D eigenvalue weighted by Gasteiger charge is -2.18. The first-order valence-electron chi connectivity index (χ1n) is 6.14. The molecule has 2 heterocycles. The zero-order valence-corrected chi connectivity index (χ0v) is 12.1. The molecule has 0 aromatic carbocycles. The van der Waals surface area contributed by atoms with Crippen LogP contribution in [0.2, 0.25) is 0 Å². The number of aromatic nitrogens is 1. The molecule has 0 spiro atoms. The number of amides is 1. The number of likely N-dealkylation sites (tertiary alicyclic amines) is 1. The molecule has 0 bridgehead atoms. The predicted molar refractivity (Wildman–Crippen MR) is 68.2 cm³/mol. The van der Waals surface area contributed by atoms with Gasteiger partial charge in [-0.25, -0.2) is 4.98 Å². The maximum atomic E-state index is 12.9. The van der Waals surface area contributed by atoms with E-state index >= 15 is 0 Å². The molecule has 0 aliphatic carbocycles. The van der Waals surface area contributed by atoms with Crippen LogP contribution in [0.1, 0.15) is 20.4 Å². The van der Waals surface area contributed by atoms with Crippen molar-refractivity contribution >= 4 is 23.2 Å². The minimum Gasteiger partial charge on any atom is -0.481 e. The number of hydrogen-bond acceptors (Lipinski definition) is 4. The summed E-state index contributed by atoms with van der Waals surface area (Å²) in [4.78, 5) is 28.5. The second kappa shape index (κ2) is 5.28. The van der Waals surface area contributed by atoms with Crippen LogP contribution < -0.4 is 0 Å². The highest BCUT2D eigenvalue weighted by Gasteiger charge is 2.53. The molecule has 1 N–H and O–H groups in total. The van der Waals surface area contributed by atoms with Gasteiger partial charge in [-0.3, -0.25) is 9.59 Å². The maximum Gasteiger partial charge on any atom is 0.394 e. The van der Waals surface area contributed by atoms with Gasteiger partial charge in [0.15, 0.2) is 0 Å². The largest absolute Gasteiger partial charge is 0.481 e. The van der Waals surface area contributed by atoms with E-state index in [1.165, 1.54) is 0 Å². The molecule has 1 saturated heterocycles. The van der Waals surface area contributed by atoms with E-state index in [2.05, 4.69) is 4.98 Å². The number of carboxylic acids is 1. The molecule has 1 aliphatic rings. The Morgan fingerprint density at radius 3 is 2.33 bits per heavy atom. The SMILES string of the molecule is Cc1nc(C)c(C(=O)N2C[C@@H](C(F)(F)F)[C@H](C(=O)O)C2)s1. The molecule has 1 fully saturated rings. The van der Waals surface area contributed by atoms with Crippen molar-refractivity contribution < 1.29 is 27.9 Å². The topological polar surface area (TPSA) is 70.5 Å². The maximum absolute atomic E-state index is 12.9. The van der Waals surface area contributed by atoms with Gasteiger partial charge in [-0.2, -0.15) is 13.2 Å². The number of alkyl halides is 3. The van der Waals surface area contributed by atoms with Gasteiger partial charge in [-0.1, -0.05) is 0 Å². The molecule has 21 heavy (non-hydrogen) atoms. The summed E-state index contributed by atoms with van der Waals surface area (Å²) < 4.78 is 38.6. The van der Waals surface area contributed by atoms with Crippen molar-refractivity contribution in [2.24, 2.45) is 11.8 Å². The van der Waals surface area contributed by atoms with Crippen LogP contribution in [0, 0.1) is 25.7 Å². The number of nitrogens with zero attached hydrogens (tertiary/aromatic N) is 2. The Bertz CT molecular complexity index is 585. The van der Waals surface area contributed by atoms with Gasteiger partial charge in [0.05, 0.1) is 22.5 Å². The van der Waals surface area contributed by atoms with Crippen molar-refractivity contribution in [2.75, 3.05) is 13.1 Å². The van der Waals surface area contributed by atoms with E-state index in [0.29, 0.717) is 10.7 Å². The van der Waals surface area contributed by atoms with Gasteiger partial charge in [-0.15, -0.1) is 11.3 Å². The molecule has 2 rings (SSSR count). The molecule has 1 aromatic rings. The molecule has 0 unspecified atom stereocenters. The second-order valence-corrected chi connectivity index (χ2v) is 6.15.